The van der Waals surface area contributed by atoms with Crippen molar-refractivity contribution >= 4 is 17.3 Å². The van der Waals surface area contributed by atoms with Crippen LogP contribution >= 0.6 is 11.6 Å². The molecule has 0 aliphatic rings. The number of nitrogens with zero attached hydrogens (tertiary/aromatic N) is 2. The number of para-hydroxylation sites is 1. The van der Waals surface area contributed by atoms with E-state index in [1.54, 1.807) is 6.07 Å². The second-order valence-corrected chi connectivity index (χ2v) is 4.44. The minimum absolute atomic E-state index is 0.469. The van der Waals surface area contributed by atoms with Gasteiger partial charge in [0.05, 0.1) is 22.5 Å². The maximum Gasteiger partial charge on any atom is 0.143 e. The molecule has 4 nitrogen and oxygen atoms in total. The molecule has 1 aromatic heterocycles. The van der Waals surface area contributed by atoms with E-state index in [1.165, 1.54) is 0 Å². The van der Waals surface area contributed by atoms with Gasteiger partial charge < -0.3 is 5.32 Å². The van der Waals surface area contributed by atoms with Crippen molar-refractivity contribution in [1.29, 1.82) is 5.26 Å². The van der Waals surface area contributed by atoms with E-state index in [1.807, 2.05) is 32.0 Å². The minimum Gasteiger partial charge on any atom is -0.365 e. The molecule has 0 fully saturated rings. The summed E-state index contributed by atoms with van der Waals surface area (Å²) in [6, 6.07) is 9.12. The van der Waals surface area contributed by atoms with Crippen LogP contribution in [-0.4, -0.2) is 10.2 Å². The molecule has 0 aliphatic heterocycles. The number of aromatic nitrogens is 2. The molecule has 1 aromatic carbocycles. The lowest BCUT2D eigenvalue weighted by Gasteiger charge is -2.14. The number of halogens is 1. The molecule has 1 heterocycles. The highest BCUT2D eigenvalue weighted by Gasteiger charge is 2.18. The van der Waals surface area contributed by atoms with Crippen LogP contribution in [0.15, 0.2) is 24.3 Å². The van der Waals surface area contributed by atoms with Crippen molar-refractivity contribution in [3.05, 3.63) is 46.2 Å². The maximum atomic E-state index is 9.30. The summed E-state index contributed by atoms with van der Waals surface area (Å²) in [6.45, 7) is 3.77. The van der Waals surface area contributed by atoms with Crippen LogP contribution in [-0.2, 0) is 0 Å². The van der Waals surface area contributed by atoms with Gasteiger partial charge in [-0.05, 0) is 26.0 Å². The number of nitriles is 1. The van der Waals surface area contributed by atoms with Gasteiger partial charge in [-0.1, -0.05) is 23.7 Å². The Kier molecular flexibility index (Phi) is 3.54. The topological polar surface area (TPSA) is 64.5 Å². The van der Waals surface area contributed by atoms with Crippen LogP contribution in [0.4, 0.5) is 5.69 Å². The lowest BCUT2D eigenvalue weighted by atomic mass is 10.1. The van der Waals surface area contributed by atoms with Gasteiger partial charge in [-0.25, -0.2) is 0 Å². The highest BCUT2D eigenvalue weighted by atomic mass is 35.5. The van der Waals surface area contributed by atoms with Crippen molar-refractivity contribution in [2.45, 2.75) is 19.9 Å². The lowest BCUT2D eigenvalue weighted by molar-refractivity contribution is 0.969. The highest BCUT2D eigenvalue weighted by Crippen LogP contribution is 2.27. The van der Waals surface area contributed by atoms with Gasteiger partial charge >= 0.3 is 0 Å². The summed E-state index contributed by atoms with van der Waals surface area (Å²) >= 11 is 6.07. The van der Waals surface area contributed by atoms with Crippen molar-refractivity contribution in [1.82, 2.24) is 10.2 Å². The van der Waals surface area contributed by atoms with E-state index in [4.69, 9.17) is 11.6 Å². The standard InChI is InChI=1S/C13H13ClN4/c1-8-13(9(2)18-17-8)12(7-15)16-11-6-4-3-5-10(11)14/h3-6,12,16H,1-2H3,(H,17,18). The van der Waals surface area contributed by atoms with Gasteiger partial charge in [-0.2, -0.15) is 10.4 Å². The lowest BCUT2D eigenvalue weighted by Crippen LogP contribution is -2.10. The van der Waals surface area contributed by atoms with E-state index in [2.05, 4.69) is 21.6 Å². The molecule has 2 rings (SSSR count). The molecular weight excluding hydrogens is 248 g/mol. The second-order valence-electron chi connectivity index (χ2n) is 4.03. The zero-order chi connectivity index (χ0) is 13.1. The molecule has 0 amide bonds. The van der Waals surface area contributed by atoms with Crippen LogP contribution in [0, 0.1) is 25.2 Å². The largest absolute Gasteiger partial charge is 0.365 e. The van der Waals surface area contributed by atoms with E-state index in [-0.39, 0.29) is 0 Å². The molecule has 0 radical (unpaired) electrons. The molecule has 0 saturated heterocycles. The number of rotatable bonds is 3. The number of aryl methyl sites for hydroxylation is 2. The van der Waals surface area contributed by atoms with Gasteiger partial charge in [0.2, 0.25) is 0 Å². The summed E-state index contributed by atoms with van der Waals surface area (Å²) in [7, 11) is 0. The van der Waals surface area contributed by atoms with E-state index >= 15 is 0 Å². The summed E-state index contributed by atoms with van der Waals surface area (Å²) in [6.07, 6.45) is 0. The first-order valence-electron chi connectivity index (χ1n) is 5.55. The number of nitrogens with one attached hydrogen (secondary N) is 2. The number of hydrogen-bond acceptors (Lipinski definition) is 3. The van der Waals surface area contributed by atoms with Gasteiger partial charge in [0.15, 0.2) is 0 Å². The molecular formula is C13H13ClN4. The number of H-pyrrole nitrogens is 1. The average molecular weight is 261 g/mol. The fourth-order valence-corrected chi connectivity index (χ4v) is 2.08. The Morgan fingerprint density at radius 1 is 1.39 bits per heavy atom. The zero-order valence-electron chi connectivity index (χ0n) is 10.2. The molecule has 0 spiro atoms. The molecule has 0 saturated carbocycles. The SMILES string of the molecule is Cc1n[nH]c(C)c1C(C#N)Nc1ccccc1Cl. The zero-order valence-corrected chi connectivity index (χ0v) is 10.9. The number of hydrogen-bond donors (Lipinski definition) is 2. The summed E-state index contributed by atoms with van der Waals surface area (Å²) < 4.78 is 0. The van der Waals surface area contributed by atoms with E-state index in [9.17, 15) is 5.26 Å². The van der Waals surface area contributed by atoms with Crippen LogP contribution in [0.25, 0.3) is 0 Å². The quantitative estimate of drug-likeness (QED) is 0.889. The van der Waals surface area contributed by atoms with Crippen molar-refractivity contribution in [3.8, 4) is 6.07 Å². The Balaban J connectivity index is 2.32. The molecule has 0 bridgehead atoms. The van der Waals surface area contributed by atoms with Gasteiger partial charge in [0.25, 0.3) is 0 Å². The van der Waals surface area contributed by atoms with Crippen molar-refractivity contribution in [2.75, 3.05) is 5.32 Å². The van der Waals surface area contributed by atoms with Crippen LogP contribution in [0.1, 0.15) is 23.0 Å². The van der Waals surface area contributed by atoms with Gasteiger partial charge in [-0.3, -0.25) is 5.10 Å². The van der Waals surface area contributed by atoms with Crippen molar-refractivity contribution in [3.63, 3.8) is 0 Å². The third kappa shape index (κ3) is 2.31. The van der Waals surface area contributed by atoms with Crippen molar-refractivity contribution in [2.24, 2.45) is 0 Å². The van der Waals surface area contributed by atoms with Crippen LogP contribution < -0.4 is 5.32 Å². The minimum atomic E-state index is -0.469. The summed E-state index contributed by atoms with van der Waals surface area (Å²) in [4.78, 5) is 0. The van der Waals surface area contributed by atoms with Gasteiger partial charge in [0, 0.05) is 11.3 Å². The monoisotopic (exact) mass is 260 g/mol. The third-order valence-corrected chi connectivity index (χ3v) is 3.11. The van der Waals surface area contributed by atoms with Crippen LogP contribution in [0.3, 0.4) is 0 Å². The molecule has 1 unspecified atom stereocenters. The normalized spacial score (nSPS) is 11.9. The third-order valence-electron chi connectivity index (χ3n) is 2.78. The van der Waals surface area contributed by atoms with Crippen molar-refractivity contribution < 1.29 is 0 Å². The summed E-state index contributed by atoms with van der Waals surface area (Å²) in [5.74, 6) is 0. The Morgan fingerprint density at radius 3 is 2.67 bits per heavy atom. The molecule has 1 atom stereocenters. The molecule has 92 valence electrons. The predicted octanol–water partition coefficient (Wildman–Crippen LogP) is 3.36. The number of aromatic amines is 1. The van der Waals surface area contributed by atoms with E-state index in [0.717, 1.165) is 22.6 Å². The Hall–Kier alpha value is -1.99. The summed E-state index contributed by atoms with van der Waals surface area (Å²) in [5, 5.41) is 20.0. The molecule has 0 aliphatic carbocycles. The first-order valence-corrected chi connectivity index (χ1v) is 5.93. The molecule has 2 aromatic rings. The number of anilines is 1. The first kappa shape index (κ1) is 12.5. The maximum absolute atomic E-state index is 9.30. The Morgan fingerprint density at radius 2 is 2.11 bits per heavy atom. The molecule has 18 heavy (non-hydrogen) atoms. The number of benzene rings is 1. The Bertz CT molecular complexity index is 578. The second kappa shape index (κ2) is 5.11. The fraction of sp³-hybridized carbons (Fsp3) is 0.231. The van der Waals surface area contributed by atoms with Gasteiger partial charge in [0.1, 0.15) is 6.04 Å². The summed E-state index contributed by atoms with van der Waals surface area (Å²) in [5.41, 5.74) is 3.32. The smallest absolute Gasteiger partial charge is 0.143 e. The first-order chi connectivity index (χ1) is 8.63. The van der Waals surface area contributed by atoms with Gasteiger partial charge in [-0.15, -0.1) is 0 Å². The van der Waals surface area contributed by atoms with Crippen LogP contribution in [0.2, 0.25) is 5.02 Å². The average Bonchev–Trinajstić information content (AvgIpc) is 2.69. The highest BCUT2D eigenvalue weighted by molar-refractivity contribution is 6.33. The van der Waals surface area contributed by atoms with Crippen LogP contribution in [0.5, 0.6) is 0 Å². The molecule has 2 N–H and O–H groups in total. The fourth-order valence-electron chi connectivity index (χ4n) is 1.89. The molecule has 5 heteroatoms. The van der Waals surface area contributed by atoms with E-state index < -0.39 is 6.04 Å². The van der Waals surface area contributed by atoms with E-state index in [0.29, 0.717) is 5.02 Å². The predicted molar refractivity (Wildman–Crippen MR) is 71.5 cm³/mol. The Labute approximate surface area is 111 Å².